The SMILES string of the molecule is C[N+](C(=O)c1ccccc1Cl)(C1CCCN(c2ccncc2)C1)[C@@H]1CCc2ccc(OC(=O)O)cc21. The maximum Gasteiger partial charge on any atom is 0.511 e. The van der Waals surface area contributed by atoms with Gasteiger partial charge in [-0.05, 0) is 54.8 Å². The molecule has 186 valence electrons. The summed E-state index contributed by atoms with van der Waals surface area (Å²) in [4.78, 5) is 32.1. The Labute approximate surface area is 215 Å². The van der Waals surface area contributed by atoms with Gasteiger partial charge in [0, 0.05) is 43.0 Å². The zero-order valence-corrected chi connectivity index (χ0v) is 20.9. The van der Waals surface area contributed by atoms with E-state index < -0.39 is 6.16 Å². The molecule has 1 fully saturated rings. The van der Waals surface area contributed by atoms with Gasteiger partial charge in [0.25, 0.3) is 0 Å². The number of anilines is 1. The van der Waals surface area contributed by atoms with E-state index >= 15 is 0 Å². The quantitative estimate of drug-likeness (QED) is 0.270. The summed E-state index contributed by atoms with van der Waals surface area (Å²) in [5.74, 6) is 0.247. The lowest BCUT2D eigenvalue weighted by molar-refractivity contribution is -0.885. The van der Waals surface area contributed by atoms with Crippen molar-refractivity contribution in [3.05, 3.63) is 88.7 Å². The third-order valence-corrected chi connectivity index (χ3v) is 8.07. The van der Waals surface area contributed by atoms with Gasteiger partial charge in [0.15, 0.2) is 0 Å². The topological polar surface area (TPSA) is 79.7 Å². The fourth-order valence-electron chi connectivity index (χ4n) is 5.92. The number of aryl methyl sites for hydroxylation is 1. The summed E-state index contributed by atoms with van der Waals surface area (Å²) >= 11 is 6.54. The van der Waals surface area contributed by atoms with E-state index in [1.165, 1.54) is 0 Å². The van der Waals surface area contributed by atoms with Crippen LogP contribution in [0.15, 0.2) is 67.0 Å². The van der Waals surface area contributed by atoms with Crippen LogP contribution in [0.25, 0.3) is 0 Å². The predicted octanol–water partition coefficient (Wildman–Crippen LogP) is 5.74. The van der Waals surface area contributed by atoms with Gasteiger partial charge in [0.2, 0.25) is 0 Å². The highest BCUT2D eigenvalue weighted by Gasteiger charge is 2.51. The summed E-state index contributed by atoms with van der Waals surface area (Å²) in [6, 6.07) is 16.5. The lowest BCUT2D eigenvalue weighted by Gasteiger charge is -2.48. The fraction of sp³-hybridized carbons (Fsp3) is 0.321. The number of hydrogen-bond acceptors (Lipinski definition) is 5. The van der Waals surface area contributed by atoms with E-state index in [9.17, 15) is 9.59 Å². The number of amides is 1. The van der Waals surface area contributed by atoms with Crippen LogP contribution >= 0.6 is 11.6 Å². The minimum absolute atomic E-state index is 0.00989. The molecule has 2 aliphatic rings. The molecule has 1 saturated heterocycles. The number of pyridine rings is 1. The molecule has 2 unspecified atom stereocenters. The molecule has 3 atom stereocenters. The summed E-state index contributed by atoms with van der Waals surface area (Å²) < 4.78 is 5.14. The molecular formula is C28H29ClN3O4+. The number of hydrogen-bond donors (Lipinski definition) is 1. The van der Waals surface area contributed by atoms with Crippen LogP contribution in [0.1, 0.15) is 46.8 Å². The molecular weight excluding hydrogens is 478 g/mol. The molecule has 2 aromatic carbocycles. The van der Waals surface area contributed by atoms with E-state index in [0.717, 1.165) is 49.0 Å². The second kappa shape index (κ2) is 9.91. The third kappa shape index (κ3) is 4.45. The number of ether oxygens (including phenoxy) is 1. The highest BCUT2D eigenvalue weighted by atomic mass is 35.5. The molecule has 5 rings (SSSR count). The summed E-state index contributed by atoms with van der Waals surface area (Å²) in [6.07, 6.45) is 5.68. The standard InChI is InChI=1S/C28H28ClN3O4/c1-32(27(33)23-6-2-3-7-25(23)29,21-5-4-16-31(18-21)20-12-14-30-15-13-20)26-11-9-19-8-10-22(17-24(19)26)36-28(34)35/h2-3,6-8,10,12-15,17,21,26H,4-5,9,11,16,18H2,1H3/p+1/t21?,26-,32?/m1/s1. The van der Waals surface area contributed by atoms with E-state index in [0.29, 0.717) is 17.1 Å². The highest BCUT2D eigenvalue weighted by Crippen LogP contribution is 2.45. The number of benzene rings is 2. The largest absolute Gasteiger partial charge is 0.511 e. The van der Waals surface area contributed by atoms with Gasteiger partial charge in [-0.2, -0.15) is 0 Å². The molecule has 8 heteroatoms. The van der Waals surface area contributed by atoms with Crippen molar-refractivity contribution in [2.45, 2.75) is 37.8 Å². The number of nitrogens with zero attached hydrogens (tertiary/aromatic N) is 3. The maximum atomic E-state index is 14.4. The number of rotatable bonds is 5. The van der Waals surface area contributed by atoms with Crippen LogP contribution < -0.4 is 9.64 Å². The summed E-state index contributed by atoms with van der Waals surface area (Å²) in [5.41, 5.74) is 3.69. The number of halogens is 1. The zero-order chi connectivity index (χ0) is 25.3. The highest BCUT2D eigenvalue weighted by molar-refractivity contribution is 6.33. The summed E-state index contributed by atoms with van der Waals surface area (Å²) in [5, 5.41) is 9.58. The summed E-state index contributed by atoms with van der Waals surface area (Å²) in [7, 11) is 2.02. The van der Waals surface area contributed by atoms with Crippen LogP contribution in [-0.4, -0.2) is 52.8 Å². The Bertz CT molecular complexity index is 1280. The molecule has 0 radical (unpaired) electrons. The van der Waals surface area contributed by atoms with Gasteiger partial charge >= 0.3 is 12.1 Å². The molecule has 36 heavy (non-hydrogen) atoms. The first-order valence-corrected chi connectivity index (χ1v) is 12.6. The van der Waals surface area contributed by atoms with E-state index in [-0.39, 0.29) is 28.2 Å². The van der Waals surface area contributed by atoms with Crippen molar-refractivity contribution in [3.63, 3.8) is 0 Å². The predicted molar refractivity (Wildman–Crippen MR) is 138 cm³/mol. The fourth-order valence-corrected chi connectivity index (χ4v) is 6.13. The van der Waals surface area contributed by atoms with Crippen molar-refractivity contribution < 1.29 is 23.9 Å². The average molecular weight is 507 g/mol. The van der Waals surface area contributed by atoms with Crippen molar-refractivity contribution in [3.8, 4) is 5.75 Å². The molecule has 1 aliphatic heterocycles. The Morgan fingerprint density at radius 2 is 1.89 bits per heavy atom. The molecule has 1 aliphatic carbocycles. The normalized spacial score (nSPS) is 20.9. The molecule has 1 N–H and O–H groups in total. The van der Waals surface area contributed by atoms with Crippen molar-refractivity contribution in [1.29, 1.82) is 0 Å². The first kappa shape index (κ1) is 24.3. The van der Waals surface area contributed by atoms with E-state index in [1.807, 2.05) is 37.4 Å². The first-order valence-electron chi connectivity index (χ1n) is 12.2. The Hall–Kier alpha value is -3.42. The van der Waals surface area contributed by atoms with Gasteiger partial charge in [-0.3, -0.25) is 4.98 Å². The van der Waals surface area contributed by atoms with Crippen molar-refractivity contribution >= 4 is 29.4 Å². The number of quaternary nitrogens is 1. The number of piperidine rings is 1. The lowest BCUT2D eigenvalue weighted by Crippen LogP contribution is -2.62. The second-order valence-electron chi connectivity index (χ2n) is 9.66. The van der Waals surface area contributed by atoms with Gasteiger partial charge in [-0.1, -0.05) is 29.8 Å². The molecule has 0 saturated carbocycles. The maximum absolute atomic E-state index is 14.4. The van der Waals surface area contributed by atoms with E-state index in [1.54, 1.807) is 36.7 Å². The van der Waals surface area contributed by atoms with Crippen LogP contribution in [0.4, 0.5) is 10.5 Å². The number of fused-ring (bicyclic) bond motifs is 1. The van der Waals surface area contributed by atoms with Crippen molar-refractivity contribution in [2.75, 3.05) is 25.0 Å². The number of aromatic nitrogens is 1. The Kier molecular flexibility index (Phi) is 6.69. The van der Waals surface area contributed by atoms with Gasteiger partial charge in [-0.25, -0.2) is 14.1 Å². The molecule has 0 spiro atoms. The molecule has 7 nitrogen and oxygen atoms in total. The van der Waals surface area contributed by atoms with Crippen LogP contribution in [0.5, 0.6) is 5.75 Å². The third-order valence-electron chi connectivity index (χ3n) is 7.74. The number of carbonyl (C=O) groups excluding carboxylic acids is 1. The van der Waals surface area contributed by atoms with Crippen LogP contribution in [0.3, 0.4) is 0 Å². The lowest BCUT2D eigenvalue weighted by atomic mass is 9.94. The second-order valence-corrected chi connectivity index (χ2v) is 10.1. The number of likely N-dealkylation sites (N-methyl/N-ethyl adjacent to an activating group) is 1. The molecule has 0 bridgehead atoms. The van der Waals surface area contributed by atoms with Gasteiger partial charge in [-0.15, -0.1) is 0 Å². The molecule has 2 heterocycles. The van der Waals surface area contributed by atoms with Crippen molar-refractivity contribution in [2.24, 2.45) is 0 Å². The minimum Gasteiger partial charge on any atom is -0.449 e. The summed E-state index contributed by atoms with van der Waals surface area (Å²) in [6.45, 7) is 1.63. The van der Waals surface area contributed by atoms with Crippen molar-refractivity contribution in [1.82, 2.24) is 4.98 Å². The Balaban J connectivity index is 1.58. The van der Waals surface area contributed by atoms with Crippen LogP contribution in [0, 0.1) is 0 Å². The van der Waals surface area contributed by atoms with Gasteiger partial charge in [0.05, 0.1) is 24.2 Å². The monoisotopic (exact) mass is 506 g/mol. The average Bonchev–Trinajstić information content (AvgIpc) is 3.32. The van der Waals surface area contributed by atoms with Crippen LogP contribution in [-0.2, 0) is 6.42 Å². The molecule has 3 aromatic rings. The van der Waals surface area contributed by atoms with Crippen LogP contribution in [0.2, 0.25) is 5.02 Å². The number of carbonyl (C=O) groups is 2. The zero-order valence-electron chi connectivity index (χ0n) is 20.1. The van der Waals surface area contributed by atoms with E-state index in [2.05, 4.69) is 9.88 Å². The van der Waals surface area contributed by atoms with Gasteiger partial charge < -0.3 is 14.7 Å². The van der Waals surface area contributed by atoms with Gasteiger partial charge in [0.1, 0.15) is 17.8 Å². The Morgan fingerprint density at radius 1 is 1.11 bits per heavy atom. The van der Waals surface area contributed by atoms with E-state index in [4.69, 9.17) is 21.4 Å². The number of carboxylic acid groups (broad SMARTS) is 1. The molecule has 1 amide bonds. The Morgan fingerprint density at radius 3 is 2.64 bits per heavy atom. The molecule has 1 aromatic heterocycles. The minimum atomic E-state index is -1.35. The smallest absolute Gasteiger partial charge is 0.449 e. The first-order chi connectivity index (χ1) is 17.4.